The van der Waals surface area contributed by atoms with E-state index in [1.165, 1.54) is 77.0 Å². The van der Waals surface area contributed by atoms with Crippen molar-refractivity contribution in [1.29, 1.82) is 0 Å². The number of allylic oxidation sites excluding steroid dienone is 4. The van der Waals surface area contributed by atoms with Crippen molar-refractivity contribution in [3.8, 4) is 0 Å². The Morgan fingerprint density at radius 3 is 1.61 bits per heavy atom. The van der Waals surface area contributed by atoms with Gasteiger partial charge in [0.05, 0.1) is 0 Å². The van der Waals surface area contributed by atoms with E-state index in [0.717, 1.165) is 23.7 Å². The second kappa shape index (κ2) is 4.77. The molecule has 2 saturated carbocycles. The molecule has 0 bridgehead atoms. The van der Waals surface area contributed by atoms with E-state index in [1.807, 2.05) is 22.3 Å². The molecule has 6 rings (SSSR count). The average Bonchev–Trinajstić information content (AvgIpc) is 3.30. The number of hydrogen-bond acceptors (Lipinski definition) is 0. The van der Waals surface area contributed by atoms with Crippen LogP contribution in [0.5, 0.6) is 0 Å². The molecule has 0 heteroatoms. The normalized spacial score (nSPS) is 48.0. The summed E-state index contributed by atoms with van der Waals surface area (Å²) in [5.41, 5.74) is 8.67. The topological polar surface area (TPSA) is 0 Å². The van der Waals surface area contributed by atoms with Gasteiger partial charge in [0.15, 0.2) is 0 Å². The SMILES string of the molecule is C1CC2CCC3=C(CC4(C3)CC3=C(C4)C4CCCC4CC3)C2C1. The van der Waals surface area contributed by atoms with Crippen LogP contribution in [-0.2, 0) is 0 Å². The molecule has 1 spiro atoms. The predicted molar refractivity (Wildman–Crippen MR) is 95.1 cm³/mol. The van der Waals surface area contributed by atoms with Crippen molar-refractivity contribution < 1.29 is 0 Å². The molecule has 23 heavy (non-hydrogen) atoms. The molecule has 0 saturated heterocycles. The summed E-state index contributed by atoms with van der Waals surface area (Å²) in [6.07, 6.45) is 21.3. The van der Waals surface area contributed by atoms with Gasteiger partial charge in [-0.1, -0.05) is 35.1 Å². The van der Waals surface area contributed by atoms with E-state index in [4.69, 9.17) is 0 Å². The van der Waals surface area contributed by atoms with Crippen molar-refractivity contribution >= 4 is 0 Å². The van der Waals surface area contributed by atoms with Gasteiger partial charge < -0.3 is 0 Å². The van der Waals surface area contributed by atoms with Crippen LogP contribution in [0, 0.1) is 29.1 Å². The van der Waals surface area contributed by atoms with Crippen LogP contribution < -0.4 is 0 Å². The van der Waals surface area contributed by atoms with Gasteiger partial charge in [0.2, 0.25) is 0 Å². The van der Waals surface area contributed by atoms with Crippen molar-refractivity contribution in [2.75, 3.05) is 0 Å². The molecule has 2 fully saturated rings. The minimum atomic E-state index is 0.699. The smallest absolute Gasteiger partial charge is 0.0148 e. The predicted octanol–water partition coefficient (Wildman–Crippen LogP) is 6.57. The highest BCUT2D eigenvalue weighted by atomic mass is 14.6. The van der Waals surface area contributed by atoms with E-state index in [9.17, 15) is 0 Å². The van der Waals surface area contributed by atoms with Gasteiger partial charge in [-0.25, -0.2) is 0 Å². The fraction of sp³-hybridized carbons (Fsp3) is 0.826. The van der Waals surface area contributed by atoms with Gasteiger partial charge in [-0.2, -0.15) is 0 Å². The molecule has 0 heterocycles. The summed E-state index contributed by atoms with van der Waals surface area (Å²) in [6, 6.07) is 0. The zero-order chi connectivity index (χ0) is 15.0. The Balaban J connectivity index is 1.27. The lowest BCUT2D eigenvalue weighted by atomic mass is 9.76. The van der Waals surface area contributed by atoms with E-state index in [-0.39, 0.29) is 0 Å². The van der Waals surface area contributed by atoms with Crippen LogP contribution in [0.25, 0.3) is 0 Å². The summed E-state index contributed by atoms with van der Waals surface area (Å²) in [5, 5.41) is 0. The molecule has 0 N–H and O–H groups in total. The zero-order valence-corrected chi connectivity index (χ0v) is 14.7. The van der Waals surface area contributed by atoms with Crippen molar-refractivity contribution in [2.24, 2.45) is 29.1 Å². The highest BCUT2D eigenvalue weighted by molar-refractivity contribution is 5.39. The van der Waals surface area contributed by atoms with Crippen molar-refractivity contribution in [3.05, 3.63) is 22.3 Å². The minimum absolute atomic E-state index is 0.699. The van der Waals surface area contributed by atoms with Crippen LogP contribution >= 0.6 is 0 Å². The Morgan fingerprint density at radius 2 is 1.09 bits per heavy atom. The van der Waals surface area contributed by atoms with Gasteiger partial charge in [-0.3, -0.25) is 0 Å². The maximum atomic E-state index is 2.02. The molecular formula is C23H32. The Kier molecular flexibility index (Phi) is 2.85. The Bertz CT molecular complexity index is 550. The van der Waals surface area contributed by atoms with Gasteiger partial charge in [0.25, 0.3) is 0 Å². The molecule has 0 amide bonds. The second-order valence-corrected chi connectivity index (χ2v) is 10.1. The fourth-order valence-corrected chi connectivity index (χ4v) is 8.25. The fourth-order valence-electron chi connectivity index (χ4n) is 8.25. The maximum Gasteiger partial charge on any atom is -0.0148 e. The van der Waals surface area contributed by atoms with Gasteiger partial charge in [-0.15, -0.1) is 0 Å². The van der Waals surface area contributed by atoms with Crippen LogP contribution in [0.1, 0.15) is 89.9 Å². The third kappa shape index (κ3) is 1.90. The molecule has 124 valence electrons. The van der Waals surface area contributed by atoms with Gasteiger partial charge >= 0.3 is 0 Å². The first-order chi connectivity index (χ1) is 11.3. The van der Waals surface area contributed by atoms with Gasteiger partial charge in [0, 0.05) is 0 Å². The molecular weight excluding hydrogens is 276 g/mol. The molecule has 0 aromatic heterocycles. The highest BCUT2D eigenvalue weighted by Gasteiger charge is 2.50. The summed E-state index contributed by atoms with van der Waals surface area (Å²) in [5.74, 6) is 4.25. The summed E-state index contributed by atoms with van der Waals surface area (Å²) in [6.45, 7) is 0. The third-order valence-corrected chi connectivity index (χ3v) is 9.06. The Labute approximate surface area is 141 Å². The van der Waals surface area contributed by atoms with Crippen LogP contribution in [0.15, 0.2) is 22.3 Å². The summed E-state index contributed by atoms with van der Waals surface area (Å²) in [7, 11) is 0. The van der Waals surface area contributed by atoms with E-state index in [0.29, 0.717) is 5.41 Å². The first-order valence-electron chi connectivity index (χ1n) is 10.7. The molecule has 0 aromatic carbocycles. The minimum Gasteiger partial charge on any atom is -0.0701 e. The monoisotopic (exact) mass is 308 g/mol. The van der Waals surface area contributed by atoms with E-state index < -0.39 is 0 Å². The third-order valence-electron chi connectivity index (χ3n) is 9.06. The highest BCUT2D eigenvalue weighted by Crippen LogP contribution is 2.64. The van der Waals surface area contributed by atoms with E-state index in [1.54, 1.807) is 12.8 Å². The standard InChI is InChI=1S/C23H32/c1-3-15-7-9-17-11-23(13-21(17)19(15)5-1)12-18-10-8-16-4-2-6-20(16)22(18)14-23/h15-16,19-20H,1-14H2. The zero-order valence-electron chi connectivity index (χ0n) is 14.7. The lowest BCUT2D eigenvalue weighted by Crippen LogP contribution is -2.18. The van der Waals surface area contributed by atoms with Crippen molar-refractivity contribution in [1.82, 2.24) is 0 Å². The maximum absolute atomic E-state index is 2.02. The average molecular weight is 309 g/mol. The Hall–Kier alpha value is -0.520. The molecule has 6 aliphatic rings. The first kappa shape index (κ1) is 13.7. The second-order valence-electron chi connectivity index (χ2n) is 10.1. The molecule has 0 radical (unpaired) electrons. The van der Waals surface area contributed by atoms with Gasteiger partial charge in [0.1, 0.15) is 0 Å². The molecule has 6 aliphatic carbocycles. The molecule has 0 nitrogen and oxygen atoms in total. The first-order valence-corrected chi connectivity index (χ1v) is 10.7. The quantitative estimate of drug-likeness (QED) is 0.444. The molecule has 4 unspecified atom stereocenters. The van der Waals surface area contributed by atoms with Crippen LogP contribution in [0.2, 0.25) is 0 Å². The lowest BCUT2D eigenvalue weighted by molar-refractivity contribution is 0.304. The number of hydrogen-bond donors (Lipinski definition) is 0. The number of fused-ring (bicyclic) bond motifs is 4. The number of rotatable bonds is 0. The van der Waals surface area contributed by atoms with Gasteiger partial charge in [-0.05, 0) is 106 Å². The van der Waals surface area contributed by atoms with Crippen LogP contribution in [-0.4, -0.2) is 0 Å². The Morgan fingerprint density at radius 1 is 0.565 bits per heavy atom. The van der Waals surface area contributed by atoms with Crippen molar-refractivity contribution in [3.63, 3.8) is 0 Å². The van der Waals surface area contributed by atoms with Crippen LogP contribution in [0.4, 0.5) is 0 Å². The van der Waals surface area contributed by atoms with E-state index in [2.05, 4.69) is 0 Å². The summed E-state index contributed by atoms with van der Waals surface area (Å²) >= 11 is 0. The molecule has 4 atom stereocenters. The van der Waals surface area contributed by atoms with E-state index >= 15 is 0 Å². The lowest BCUT2D eigenvalue weighted by Gasteiger charge is -2.29. The molecule has 0 aliphatic heterocycles. The van der Waals surface area contributed by atoms with Crippen LogP contribution in [0.3, 0.4) is 0 Å². The van der Waals surface area contributed by atoms with Crippen molar-refractivity contribution in [2.45, 2.75) is 89.9 Å². The summed E-state index contributed by atoms with van der Waals surface area (Å²) in [4.78, 5) is 0. The summed E-state index contributed by atoms with van der Waals surface area (Å²) < 4.78 is 0. The molecule has 0 aromatic rings. The largest absolute Gasteiger partial charge is 0.0701 e.